The first-order valence-electron chi connectivity index (χ1n) is 2.70. The maximum Gasteiger partial charge on any atom is 0.312 e. The number of hydrogen-bond donors (Lipinski definition) is 0. The van der Waals surface area contributed by atoms with Gasteiger partial charge in [-0.3, -0.25) is 4.79 Å². The summed E-state index contributed by atoms with van der Waals surface area (Å²) in [7, 11) is 0. The second-order valence-corrected chi connectivity index (χ2v) is 1.32. The van der Waals surface area contributed by atoms with E-state index in [1.807, 2.05) is 13.8 Å². The maximum atomic E-state index is 9.67. The average Bonchev–Trinajstić information content (AvgIpc) is 1.83. The minimum Gasteiger partial charge on any atom is -0.371 e. The molecule has 0 saturated heterocycles. The molecule has 0 amide bonds. The Morgan fingerprint density at radius 3 is 2.00 bits per heavy atom. The van der Waals surface area contributed by atoms with E-state index in [2.05, 4.69) is 4.84 Å². The Balaban J connectivity index is 0. The molecule has 0 aliphatic heterocycles. The van der Waals surface area contributed by atoms with Gasteiger partial charge in [0.15, 0.2) is 0 Å². The van der Waals surface area contributed by atoms with Crippen molar-refractivity contribution in [3.05, 3.63) is 0 Å². The quantitative estimate of drug-likeness (QED) is 0.495. The van der Waals surface area contributed by atoms with E-state index in [1.165, 1.54) is 0 Å². The summed E-state index contributed by atoms with van der Waals surface area (Å²) in [6.45, 7) is 5.78. The second kappa shape index (κ2) is 8.31. The van der Waals surface area contributed by atoms with Crippen LogP contribution < -0.4 is 0 Å². The van der Waals surface area contributed by atoms with Crippen molar-refractivity contribution in [2.75, 3.05) is 13.1 Å². The zero-order valence-corrected chi connectivity index (χ0v) is 8.21. The molecule has 52 valence electrons. The van der Waals surface area contributed by atoms with Gasteiger partial charge in [0.1, 0.15) is 0 Å². The van der Waals surface area contributed by atoms with Crippen molar-refractivity contribution in [1.29, 1.82) is 0 Å². The summed E-state index contributed by atoms with van der Waals surface area (Å²) in [6, 6.07) is 0. The van der Waals surface area contributed by atoms with Crippen LogP contribution in [0.25, 0.3) is 0 Å². The molecular formula is C5H11NO2Zr. The van der Waals surface area contributed by atoms with Crippen LogP contribution in [0.3, 0.4) is 0 Å². The van der Waals surface area contributed by atoms with Gasteiger partial charge in [-0.2, -0.15) is 0 Å². The monoisotopic (exact) mass is 207 g/mol. The molecule has 4 heteroatoms. The Bertz CT molecular complexity index is 66.0. The number of hydrogen-bond acceptors (Lipinski definition) is 3. The van der Waals surface area contributed by atoms with Gasteiger partial charge in [-0.15, -0.1) is 5.06 Å². The number of hydroxylamine groups is 2. The van der Waals surface area contributed by atoms with Crippen LogP contribution in [-0.2, 0) is 35.8 Å². The zero-order chi connectivity index (χ0) is 6.41. The van der Waals surface area contributed by atoms with Crippen LogP contribution in [0.5, 0.6) is 0 Å². The number of nitrogens with zero attached hydrogens (tertiary/aromatic N) is 1. The molecule has 0 atom stereocenters. The molecule has 0 rings (SSSR count). The molecule has 0 aromatic rings. The molecule has 0 spiro atoms. The smallest absolute Gasteiger partial charge is 0.312 e. The molecule has 9 heavy (non-hydrogen) atoms. The molecule has 0 aromatic heterocycles. The van der Waals surface area contributed by atoms with Gasteiger partial charge in [0.25, 0.3) is 0 Å². The van der Waals surface area contributed by atoms with E-state index < -0.39 is 0 Å². The molecule has 0 unspecified atom stereocenters. The molecule has 0 aliphatic rings. The zero-order valence-electron chi connectivity index (χ0n) is 5.76. The molecule has 0 aliphatic carbocycles. The van der Waals surface area contributed by atoms with E-state index in [0.717, 1.165) is 13.1 Å². The van der Waals surface area contributed by atoms with Gasteiger partial charge in [-0.1, -0.05) is 0 Å². The third-order valence-corrected chi connectivity index (χ3v) is 0.898. The predicted octanol–water partition coefficient (Wildman–Crippen LogP) is 0.414. The van der Waals surface area contributed by atoms with Crippen LogP contribution >= 0.6 is 0 Å². The number of carbonyl (C=O) groups is 1. The van der Waals surface area contributed by atoms with Crippen LogP contribution in [-0.4, -0.2) is 24.6 Å². The van der Waals surface area contributed by atoms with Crippen molar-refractivity contribution < 1.29 is 35.8 Å². The fourth-order valence-corrected chi connectivity index (χ4v) is 0.434. The molecule has 0 radical (unpaired) electrons. The molecule has 0 N–H and O–H groups in total. The minimum atomic E-state index is 0. The summed E-state index contributed by atoms with van der Waals surface area (Å²) in [5.41, 5.74) is 0. The summed E-state index contributed by atoms with van der Waals surface area (Å²) < 4.78 is 0. The first-order valence-corrected chi connectivity index (χ1v) is 2.70. The van der Waals surface area contributed by atoms with Crippen LogP contribution in [0, 0.1) is 0 Å². The van der Waals surface area contributed by atoms with Gasteiger partial charge >= 0.3 is 6.47 Å². The summed E-state index contributed by atoms with van der Waals surface area (Å²) in [4.78, 5) is 14.2. The van der Waals surface area contributed by atoms with E-state index in [9.17, 15) is 4.79 Å². The van der Waals surface area contributed by atoms with E-state index in [0.29, 0.717) is 6.47 Å². The maximum absolute atomic E-state index is 9.67. The van der Waals surface area contributed by atoms with Crippen molar-refractivity contribution in [1.82, 2.24) is 5.06 Å². The van der Waals surface area contributed by atoms with E-state index in [1.54, 1.807) is 5.06 Å². The fraction of sp³-hybridized carbons (Fsp3) is 0.800. The topological polar surface area (TPSA) is 29.5 Å². The summed E-state index contributed by atoms with van der Waals surface area (Å²) in [5.74, 6) is 0. The molecule has 0 heterocycles. The van der Waals surface area contributed by atoms with Crippen molar-refractivity contribution in [3.8, 4) is 0 Å². The Kier molecular flexibility index (Phi) is 11.1. The van der Waals surface area contributed by atoms with E-state index >= 15 is 0 Å². The van der Waals surface area contributed by atoms with Gasteiger partial charge in [-0.25, -0.2) is 0 Å². The van der Waals surface area contributed by atoms with Gasteiger partial charge in [0.2, 0.25) is 0 Å². The minimum absolute atomic E-state index is 0. The largest absolute Gasteiger partial charge is 0.371 e. The molecule has 0 saturated carbocycles. The summed E-state index contributed by atoms with van der Waals surface area (Å²) in [6.07, 6.45) is 0. The standard InChI is InChI=1S/C5H11NO2.Zr/c1-3-6(4-2)8-5-7;/h5H,3-4H2,1-2H3;. The molecule has 0 fully saturated rings. The van der Waals surface area contributed by atoms with Crippen LogP contribution in [0.1, 0.15) is 13.8 Å². The summed E-state index contributed by atoms with van der Waals surface area (Å²) in [5, 5.41) is 1.56. The third kappa shape index (κ3) is 6.20. The van der Waals surface area contributed by atoms with E-state index in [-0.39, 0.29) is 26.2 Å². The molecule has 3 nitrogen and oxygen atoms in total. The van der Waals surface area contributed by atoms with Crippen LogP contribution in [0.15, 0.2) is 0 Å². The normalized spacial score (nSPS) is 8.33. The van der Waals surface area contributed by atoms with Gasteiger partial charge < -0.3 is 4.84 Å². The Morgan fingerprint density at radius 2 is 1.89 bits per heavy atom. The number of rotatable bonds is 4. The van der Waals surface area contributed by atoms with Crippen molar-refractivity contribution in [2.24, 2.45) is 0 Å². The second-order valence-electron chi connectivity index (χ2n) is 1.32. The predicted molar refractivity (Wildman–Crippen MR) is 30.1 cm³/mol. The van der Waals surface area contributed by atoms with Gasteiger partial charge in [0, 0.05) is 39.3 Å². The van der Waals surface area contributed by atoms with Gasteiger partial charge in [0.05, 0.1) is 0 Å². The average molecular weight is 208 g/mol. The Hall–Kier alpha value is 0.313. The molecule has 0 bridgehead atoms. The van der Waals surface area contributed by atoms with E-state index in [4.69, 9.17) is 0 Å². The SMILES string of the molecule is CCN(CC)OC=O.[Zr]. The van der Waals surface area contributed by atoms with Crippen LogP contribution in [0.2, 0.25) is 0 Å². The first-order chi connectivity index (χ1) is 3.85. The third-order valence-electron chi connectivity index (χ3n) is 0.898. The Morgan fingerprint density at radius 1 is 1.44 bits per heavy atom. The number of carbonyl (C=O) groups excluding carboxylic acids is 1. The fourth-order valence-electron chi connectivity index (χ4n) is 0.434. The molecule has 0 aromatic carbocycles. The van der Waals surface area contributed by atoms with Gasteiger partial charge in [-0.05, 0) is 13.8 Å². The summed E-state index contributed by atoms with van der Waals surface area (Å²) >= 11 is 0. The van der Waals surface area contributed by atoms with Crippen LogP contribution in [0.4, 0.5) is 0 Å². The van der Waals surface area contributed by atoms with Crippen molar-refractivity contribution in [2.45, 2.75) is 13.8 Å². The molecular weight excluding hydrogens is 197 g/mol. The first kappa shape index (κ1) is 12.0. The Labute approximate surface area is 74.4 Å². The van der Waals surface area contributed by atoms with Crippen molar-refractivity contribution in [3.63, 3.8) is 0 Å². The van der Waals surface area contributed by atoms with Crippen molar-refractivity contribution >= 4 is 6.47 Å².